The van der Waals surface area contributed by atoms with Crippen molar-refractivity contribution in [1.29, 1.82) is 0 Å². The first-order chi connectivity index (χ1) is 14.2. The molecule has 0 aliphatic carbocycles. The first-order valence-electron chi connectivity index (χ1n) is 9.59. The van der Waals surface area contributed by atoms with Gasteiger partial charge in [0.15, 0.2) is 0 Å². The van der Waals surface area contributed by atoms with Crippen molar-refractivity contribution < 1.29 is 14.3 Å². The molecule has 3 aromatic carbocycles. The smallest absolute Gasteiger partial charge is 0.251 e. The summed E-state index contributed by atoms with van der Waals surface area (Å²) in [5.41, 5.74) is 3.62. The second kappa shape index (κ2) is 7.09. The second-order valence-corrected chi connectivity index (χ2v) is 7.11. The first-order valence-corrected chi connectivity index (χ1v) is 9.59. The molecule has 0 saturated heterocycles. The lowest BCUT2D eigenvalue weighted by Gasteiger charge is -2.37. The molecule has 5 heteroatoms. The molecule has 2 heterocycles. The van der Waals surface area contributed by atoms with Gasteiger partial charge in [-0.3, -0.25) is 4.79 Å². The van der Waals surface area contributed by atoms with Crippen LogP contribution in [0.4, 0.5) is 0 Å². The topological polar surface area (TPSA) is 51.1 Å². The summed E-state index contributed by atoms with van der Waals surface area (Å²) in [5.74, 6) is 1.45. The van der Waals surface area contributed by atoms with Gasteiger partial charge in [-0.25, -0.2) is 5.01 Å². The minimum absolute atomic E-state index is 0.0327. The Labute approximate surface area is 169 Å². The number of para-hydroxylation sites is 1. The van der Waals surface area contributed by atoms with Gasteiger partial charge in [-0.1, -0.05) is 48.5 Å². The van der Waals surface area contributed by atoms with E-state index in [1.54, 1.807) is 7.11 Å². The van der Waals surface area contributed by atoms with Crippen LogP contribution in [0.15, 0.2) is 84.0 Å². The highest BCUT2D eigenvalue weighted by Crippen LogP contribution is 2.43. The summed E-state index contributed by atoms with van der Waals surface area (Å²) in [6.45, 7) is 0. The monoisotopic (exact) mass is 384 g/mol. The number of fused-ring (bicyclic) bond motifs is 3. The number of ketones is 1. The van der Waals surface area contributed by atoms with Gasteiger partial charge in [0.2, 0.25) is 5.78 Å². The quantitative estimate of drug-likeness (QED) is 0.624. The molecule has 29 heavy (non-hydrogen) atoms. The third-order valence-corrected chi connectivity index (χ3v) is 5.40. The Kier molecular flexibility index (Phi) is 4.28. The summed E-state index contributed by atoms with van der Waals surface area (Å²) in [5, 5.41) is 6.64. The van der Waals surface area contributed by atoms with E-state index in [9.17, 15) is 4.79 Å². The maximum Gasteiger partial charge on any atom is 0.251 e. The van der Waals surface area contributed by atoms with Crippen LogP contribution in [-0.2, 0) is 0 Å². The van der Waals surface area contributed by atoms with Crippen LogP contribution < -0.4 is 9.47 Å². The zero-order chi connectivity index (χ0) is 19.8. The molecule has 2 atom stereocenters. The molecule has 0 radical (unpaired) electrons. The van der Waals surface area contributed by atoms with Gasteiger partial charge in [0.25, 0.3) is 6.23 Å². The number of rotatable bonds is 4. The van der Waals surface area contributed by atoms with E-state index in [1.807, 2.05) is 83.9 Å². The van der Waals surface area contributed by atoms with Gasteiger partial charge in [-0.05, 0) is 35.9 Å². The Morgan fingerprint density at radius 1 is 1.00 bits per heavy atom. The van der Waals surface area contributed by atoms with Gasteiger partial charge in [0.1, 0.15) is 11.5 Å². The van der Waals surface area contributed by atoms with Crippen LogP contribution in [0.1, 0.15) is 33.9 Å². The Morgan fingerprint density at radius 3 is 2.48 bits per heavy atom. The van der Waals surface area contributed by atoms with Crippen molar-refractivity contribution in [2.75, 3.05) is 7.11 Å². The van der Waals surface area contributed by atoms with Crippen molar-refractivity contribution in [2.45, 2.75) is 18.7 Å². The molecule has 0 fully saturated rings. The average Bonchev–Trinajstić information content (AvgIpc) is 3.24. The second-order valence-electron chi connectivity index (χ2n) is 7.11. The predicted octanol–water partition coefficient (Wildman–Crippen LogP) is 4.45. The highest BCUT2D eigenvalue weighted by atomic mass is 16.5. The van der Waals surface area contributed by atoms with Gasteiger partial charge in [0, 0.05) is 17.5 Å². The zero-order valence-electron chi connectivity index (χ0n) is 16.0. The molecule has 144 valence electrons. The molecular weight excluding hydrogens is 364 g/mol. The summed E-state index contributed by atoms with van der Waals surface area (Å²) in [7, 11) is 1.65. The molecule has 2 aliphatic heterocycles. The van der Waals surface area contributed by atoms with E-state index < -0.39 is 6.23 Å². The third-order valence-electron chi connectivity index (χ3n) is 5.40. The molecule has 0 aromatic heterocycles. The number of methoxy groups -OCH3 is 1. The van der Waals surface area contributed by atoms with Gasteiger partial charge in [-0.2, -0.15) is 5.10 Å². The number of carbonyl (C=O) groups is 1. The number of Topliss-reactive ketones (excluding diaryl/α,β-unsaturated/α-hetero) is 1. The van der Waals surface area contributed by atoms with Crippen LogP contribution in [0.25, 0.3) is 0 Å². The number of carbonyl (C=O) groups excluding carboxylic acids is 1. The largest absolute Gasteiger partial charge is 0.497 e. The minimum Gasteiger partial charge on any atom is -0.497 e. The SMILES string of the molecule is COc1ccc(C2=NN3C(C(=O)c4ccccc4)Oc4ccccc4C3C2)cc1. The van der Waals surface area contributed by atoms with Gasteiger partial charge < -0.3 is 9.47 Å². The summed E-state index contributed by atoms with van der Waals surface area (Å²) in [6, 6.07) is 24.9. The Morgan fingerprint density at radius 2 is 1.72 bits per heavy atom. The zero-order valence-corrected chi connectivity index (χ0v) is 16.0. The predicted molar refractivity (Wildman–Crippen MR) is 110 cm³/mol. The van der Waals surface area contributed by atoms with Crippen LogP contribution >= 0.6 is 0 Å². The maximum atomic E-state index is 13.2. The van der Waals surface area contributed by atoms with Gasteiger partial charge >= 0.3 is 0 Å². The molecule has 5 nitrogen and oxygen atoms in total. The van der Waals surface area contributed by atoms with Crippen LogP contribution in [0, 0.1) is 0 Å². The molecule has 0 saturated carbocycles. The van der Waals surface area contributed by atoms with Crippen molar-refractivity contribution in [1.82, 2.24) is 5.01 Å². The summed E-state index contributed by atoms with van der Waals surface area (Å²) >= 11 is 0. The average molecular weight is 384 g/mol. The molecule has 0 bridgehead atoms. The molecule has 2 aliphatic rings. The molecule has 3 aromatic rings. The fraction of sp³-hybridized carbons (Fsp3) is 0.167. The van der Waals surface area contributed by atoms with Crippen LogP contribution in [-0.4, -0.2) is 29.8 Å². The van der Waals surface area contributed by atoms with Gasteiger partial charge in [-0.15, -0.1) is 0 Å². The van der Waals surface area contributed by atoms with Crippen molar-refractivity contribution in [3.05, 3.63) is 95.6 Å². The number of hydrazone groups is 1. The van der Waals surface area contributed by atoms with E-state index in [2.05, 4.69) is 0 Å². The van der Waals surface area contributed by atoms with E-state index in [0.717, 1.165) is 28.3 Å². The van der Waals surface area contributed by atoms with E-state index >= 15 is 0 Å². The van der Waals surface area contributed by atoms with E-state index in [0.29, 0.717) is 12.0 Å². The van der Waals surface area contributed by atoms with E-state index in [-0.39, 0.29) is 11.8 Å². The Balaban J connectivity index is 1.54. The lowest BCUT2D eigenvalue weighted by atomic mass is 9.96. The minimum atomic E-state index is -0.784. The molecule has 0 spiro atoms. The lowest BCUT2D eigenvalue weighted by Crippen LogP contribution is -2.45. The van der Waals surface area contributed by atoms with Crippen molar-refractivity contribution in [2.24, 2.45) is 5.10 Å². The lowest BCUT2D eigenvalue weighted by molar-refractivity contribution is -0.00455. The molecule has 5 rings (SSSR count). The van der Waals surface area contributed by atoms with Crippen molar-refractivity contribution in [3.8, 4) is 11.5 Å². The molecule has 2 unspecified atom stereocenters. The highest BCUT2D eigenvalue weighted by Gasteiger charge is 2.43. The molecule has 0 amide bonds. The number of nitrogens with zero attached hydrogens (tertiary/aromatic N) is 2. The fourth-order valence-corrected chi connectivity index (χ4v) is 3.91. The van der Waals surface area contributed by atoms with Crippen molar-refractivity contribution in [3.63, 3.8) is 0 Å². The highest BCUT2D eigenvalue weighted by molar-refractivity contribution is 6.03. The Hall–Kier alpha value is -3.60. The summed E-state index contributed by atoms with van der Waals surface area (Å²) in [6.07, 6.45) is -0.0707. The van der Waals surface area contributed by atoms with Crippen LogP contribution in [0.3, 0.4) is 0 Å². The van der Waals surface area contributed by atoms with Gasteiger partial charge in [0.05, 0.1) is 18.9 Å². The summed E-state index contributed by atoms with van der Waals surface area (Å²) in [4.78, 5) is 13.2. The van der Waals surface area contributed by atoms with Crippen LogP contribution in [0.2, 0.25) is 0 Å². The number of hydrogen-bond donors (Lipinski definition) is 0. The number of ether oxygens (including phenoxy) is 2. The normalized spacial score (nSPS) is 19.6. The summed E-state index contributed by atoms with van der Waals surface area (Å²) < 4.78 is 11.4. The maximum absolute atomic E-state index is 13.2. The third kappa shape index (κ3) is 3.05. The van der Waals surface area contributed by atoms with E-state index in [4.69, 9.17) is 14.6 Å². The standard InChI is InChI=1S/C24H20N2O3/c1-28-18-13-11-16(12-14-18)20-15-21-19-9-5-6-10-22(19)29-24(26(21)25-20)23(27)17-7-3-2-4-8-17/h2-14,21,24H,15H2,1H3. The van der Waals surface area contributed by atoms with Crippen molar-refractivity contribution >= 4 is 11.5 Å². The number of hydrogen-bond acceptors (Lipinski definition) is 5. The molecular formula is C24H20N2O3. The fourth-order valence-electron chi connectivity index (χ4n) is 3.91. The first kappa shape index (κ1) is 17.5. The molecule has 0 N–H and O–H groups in total. The van der Waals surface area contributed by atoms with Crippen LogP contribution in [0.5, 0.6) is 11.5 Å². The van der Waals surface area contributed by atoms with E-state index in [1.165, 1.54) is 0 Å². The Bertz CT molecular complexity index is 1080. The number of benzene rings is 3.